The van der Waals surface area contributed by atoms with Crippen LogP contribution >= 0.6 is 22.7 Å². The maximum absolute atomic E-state index is 14.0. The smallest absolute Gasteiger partial charge is 0.378 e. The predicted octanol–water partition coefficient (Wildman–Crippen LogP) is 7.96. The third-order valence-corrected chi connectivity index (χ3v) is 8.44. The largest absolute Gasteiger partial charge is 0.434 e. The fourth-order valence-corrected chi connectivity index (χ4v) is 6.61. The van der Waals surface area contributed by atoms with Gasteiger partial charge in [-0.2, -0.15) is 13.2 Å². The first-order valence-corrected chi connectivity index (χ1v) is 13.3. The first-order chi connectivity index (χ1) is 16.8. The van der Waals surface area contributed by atoms with E-state index in [2.05, 4.69) is 33.9 Å². The van der Waals surface area contributed by atoms with Crippen molar-refractivity contribution >= 4 is 38.5 Å². The standard InChI is InChI=1S/C27H26F3N3S2/c1-17(20-9-7-8-19(14-20)15-33-12-5-6-13-33)31-18(2)24-25(27(28,29)30)32-26(35-24)22-16-34-23-11-4-3-10-21(22)23/h3-4,7-11,14,16-17,31H,2,5-6,12-13,15H2,1H3. The van der Waals surface area contributed by atoms with Gasteiger partial charge in [-0.1, -0.05) is 49.0 Å². The van der Waals surface area contributed by atoms with Crippen molar-refractivity contribution in [3.63, 3.8) is 0 Å². The lowest BCUT2D eigenvalue weighted by molar-refractivity contribution is -0.140. The lowest BCUT2D eigenvalue weighted by atomic mass is 10.0. The Hall–Kier alpha value is -2.68. The SMILES string of the molecule is C=C(NC(C)c1cccc(CN2CCCC2)c1)c1sc(-c2csc3ccccc23)nc1C(F)(F)F. The Bertz CT molecular complexity index is 1350. The molecule has 2 aromatic carbocycles. The normalized spacial score (nSPS) is 15.5. The van der Waals surface area contributed by atoms with Crippen molar-refractivity contribution in [3.05, 3.63) is 82.2 Å². The average Bonchev–Trinajstić information content (AvgIpc) is 3.58. The number of nitrogens with one attached hydrogen (secondary N) is 1. The third-order valence-electron chi connectivity index (χ3n) is 6.33. The lowest BCUT2D eigenvalue weighted by Gasteiger charge is -2.20. The molecule has 35 heavy (non-hydrogen) atoms. The van der Waals surface area contributed by atoms with Crippen LogP contribution in [0.5, 0.6) is 0 Å². The quantitative estimate of drug-likeness (QED) is 0.272. The summed E-state index contributed by atoms with van der Waals surface area (Å²) < 4.78 is 42.9. The topological polar surface area (TPSA) is 28.2 Å². The molecular formula is C27H26F3N3S2. The first kappa shape index (κ1) is 24.0. The third kappa shape index (κ3) is 5.15. The minimum Gasteiger partial charge on any atom is -0.378 e. The number of aromatic nitrogens is 1. The van der Waals surface area contributed by atoms with E-state index in [4.69, 9.17) is 0 Å². The minimum atomic E-state index is -4.57. The summed E-state index contributed by atoms with van der Waals surface area (Å²) in [6.07, 6.45) is -2.10. The Balaban J connectivity index is 1.40. The van der Waals surface area contributed by atoms with Crippen LogP contribution in [0.4, 0.5) is 13.2 Å². The molecule has 1 N–H and O–H groups in total. The Morgan fingerprint density at radius 1 is 1.14 bits per heavy atom. The van der Waals surface area contributed by atoms with Crippen LogP contribution in [0.25, 0.3) is 26.4 Å². The van der Waals surface area contributed by atoms with Gasteiger partial charge in [-0.3, -0.25) is 4.90 Å². The number of likely N-dealkylation sites (tertiary alicyclic amines) is 1. The first-order valence-electron chi connectivity index (χ1n) is 11.6. The highest BCUT2D eigenvalue weighted by molar-refractivity contribution is 7.19. The highest BCUT2D eigenvalue weighted by atomic mass is 32.1. The van der Waals surface area contributed by atoms with Crippen molar-refractivity contribution in [2.24, 2.45) is 0 Å². The monoisotopic (exact) mass is 513 g/mol. The molecule has 182 valence electrons. The van der Waals surface area contributed by atoms with Crippen LogP contribution < -0.4 is 5.32 Å². The number of alkyl halides is 3. The van der Waals surface area contributed by atoms with Crippen molar-refractivity contribution in [1.29, 1.82) is 0 Å². The van der Waals surface area contributed by atoms with Crippen LogP contribution in [-0.4, -0.2) is 23.0 Å². The van der Waals surface area contributed by atoms with Crippen LogP contribution in [0, 0.1) is 0 Å². The number of rotatable bonds is 7. The van der Waals surface area contributed by atoms with Crippen LogP contribution in [-0.2, 0) is 12.7 Å². The second-order valence-corrected chi connectivity index (χ2v) is 10.8. The average molecular weight is 514 g/mol. The summed E-state index contributed by atoms with van der Waals surface area (Å²) >= 11 is 2.54. The molecule has 2 aromatic heterocycles. The van der Waals surface area contributed by atoms with Gasteiger partial charge < -0.3 is 5.32 Å². The van der Waals surface area contributed by atoms with Gasteiger partial charge in [0.2, 0.25) is 0 Å². The molecule has 0 saturated carbocycles. The van der Waals surface area contributed by atoms with E-state index >= 15 is 0 Å². The van der Waals surface area contributed by atoms with Gasteiger partial charge in [0.25, 0.3) is 0 Å². The molecule has 0 amide bonds. The molecule has 1 atom stereocenters. The van der Waals surface area contributed by atoms with Gasteiger partial charge >= 0.3 is 6.18 Å². The van der Waals surface area contributed by atoms with Gasteiger partial charge in [-0.25, -0.2) is 4.98 Å². The molecule has 3 nitrogen and oxygen atoms in total. The van der Waals surface area contributed by atoms with Crippen molar-refractivity contribution in [1.82, 2.24) is 15.2 Å². The summed E-state index contributed by atoms with van der Waals surface area (Å²) in [4.78, 5) is 6.50. The predicted molar refractivity (Wildman–Crippen MR) is 139 cm³/mol. The number of thiophene rings is 1. The van der Waals surface area contributed by atoms with E-state index in [1.54, 1.807) is 0 Å². The second-order valence-electron chi connectivity index (χ2n) is 8.91. The molecule has 8 heteroatoms. The summed E-state index contributed by atoms with van der Waals surface area (Å²) in [5.41, 5.74) is 2.30. The molecule has 0 aliphatic carbocycles. The van der Waals surface area contributed by atoms with E-state index in [9.17, 15) is 13.2 Å². The zero-order chi connectivity index (χ0) is 24.6. The highest BCUT2D eigenvalue weighted by Gasteiger charge is 2.38. The molecular weight excluding hydrogens is 487 g/mol. The number of thiazole rings is 1. The summed E-state index contributed by atoms with van der Waals surface area (Å²) in [6.45, 7) is 9.05. The van der Waals surface area contributed by atoms with Gasteiger partial charge in [0, 0.05) is 39.3 Å². The lowest BCUT2D eigenvalue weighted by Crippen LogP contribution is -2.20. The fraction of sp³-hybridized carbons (Fsp3) is 0.296. The fourth-order valence-electron chi connectivity index (χ4n) is 4.55. The minimum absolute atomic E-state index is 0.0304. The summed E-state index contributed by atoms with van der Waals surface area (Å²) in [6, 6.07) is 15.7. The summed E-state index contributed by atoms with van der Waals surface area (Å²) in [5.74, 6) is 0. The zero-order valence-electron chi connectivity index (χ0n) is 19.4. The van der Waals surface area contributed by atoms with E-state index in [0.717, 1.165) is 52.2 Å². The molecule has 0 spiro atoms. The number of halogens is 3. The molecule has 4 aromatic rings. The molecule has 0 bridgehead atoms. The maximum atomic E-state index is 14.0. The van der Waals surface area contributed by atoms with E-state index in [-0.39, 0.29) is 16.6 Å². The van der Waals surface area contributed by atoms with Crippen LogP contribution in [0.15, 0.2) is 60.5 Å². The Morgan fingerprint density at radius 2 is 1.91 bits per heavy atom. The van der Waals surface area contributed by atoms with Gasteiger partial charge in [-0.15, -0.1) is 22.7 Å². The molecule has 1 aliphatic rings. The molecule has 1 saturated heterocycles. The van der Waals surface area contributed by atoms with Crippen LogP contribution in [0.2, 0.25) is 0 Å². The van der Waals surface area contributed by atoms with Crippen LogP contribution in [0.1, 0.15) is 47.5 Å². The molecule has 5 rings (SSSR count). The van der Waals surface area contributed by atoms with Crippen molar-refractivity contribution in [2.75, 3.05) is 13.1 Å². The van der Waals surface area contributed by atoms with Crippen LogP contribution in [0.3, 0.4) is 0 Å². The number of hydrogen-bond acceptors (Lipinski definition) is 5. The summed E-state index contributed by atoms with van der Waals surface area (Å²) in [7, 11) is 0. The second kappa shape index (κ2) is 9.76. The number of hydrogen-bond donors (Lipinski definition) is 1. The highest BCUT2D eigenvalue weighted by Crippen LogP contribution is 2.43. The number of nitrogens with zero attached hydrogens (tertiary/aromatic N) is 2. The van der Waals surface area contributed by atoms with E-state index in [1.807, 2.05) is 48.7 Å². The molecule has 1 fully saturated rings. The Labute approximate surface area is 210 Å². The molecule has 3 heterocycles. The van der Waals surface area contributed by atoms with E-state index in [1.165, 1.54) is 29.7 Å². The van der Waals surface area contributed by atoms with Crippen molar-refractivity contribution in [2.45, 2.75) is 38.5 Å². The maximum Gasteiger partial charge on any atom is 0.434 e. The number of benzene rings is 2. The van der Waals surface area contributed by atoms with Crippen molar-refractivity contribution in [3.8, 4) is 10.6 Å². The van der Waals surface area contributed by atoms with Gasteiger partial charge in [0.15, 0.2) is 5.69 Å². The van der Waals surface area contributed by atoms with Crippen molar-refractivity contribution < 1.29 is 13.2 Å². The van der Waals surface area contributed by atoms with Gasteiger partial charge in [0.1, 0.15) is 5.01 Å². The van der Waals surface area contributed by atoms with E-state index < -0.39 is 11.9 Å². The number of fused-ring (bicyclic) bond motifs is 1. The van der Waals surface area contributed by atoms with Gasteiger partial charge in [0.05, 0.1) is 4.88 Å². The summed E-state index contributed by atoms with van der Waals surface area (Å²) in [5, 5.41) is 6.34. The van der Waals surface area contributed by atoms with Gasteiger partial charge in [-0.05, 0) is 50.0 Å². The Kier molecular flexibility index (Phi) is 6.70. The zero-order valence-corrected chi connectivity index (χ0v) is 21.0. The van der Waals surface area contributed by atoms with E-state index in [0.29, 0.717) is 5.01 Å². The molecule has 1 unspecified atom stereocenters. The molecule has 1 aliphatic heterocycles. The Morgan fingerprint density at radius 3 is 2.69 bits per heavy atom. The molecule has 0 radical (unpaired) electrons.